The molecule has 1 fully saturated rings. The number of rotatable bonds is 9. The van der Waals surface area contributed by atoms with Crippen molar-refractivity contribution in [3.8, 4) is 0 Å². The van der Waals surface area contributed by atoms with Crippen molar-refractivity contribution in [2.45, 2.75) is 90.4 Å². The van der Waals surface area contributed by atoms with E-state index in [1.807, 2.05) is 32.0 Å². The SMILES string of the molecule is Cc1ccc(C(C(=O)NC2CCCCC2)N(CCO)C(=O)C(CS)NC(=O)OC(C)(C)C)c(C)c1. The van der Waals surface area contributed by atoms with Crippen molar-refractivity contribution in [1.29, 1.82) is 0 Å². The molecular weight excluding hydrogens is 466 g/mol. The third kappa shape index (κ3) is 8.72. The Bertz CT molecular complexity index is 880. The Hall–Kier alpha value is -2.26. The number of thiol groups is 1. The van der Waals surface area contributed by atoms with E-state index in [0.717, 1.165) is 43.2 Å². The highest BCUT2D eigenvalue weighted by Crippen LogP contribution is 2.27. The number of hydrogen-bond acceptors (Lipinski definition) is 6. The van der Waals surface area contributed by atoms with Gasteiger partial charge in [0, 0.05) is 18.3 Å². The molecule has 2 unspecified atom stereocenters. The van der Waals surface area contributed by atoms with Crippen LogP contribution in [0.4, 0.5) is 4.79 Å². The first kappa shape index (κ1) is 29.0. The average Bonchev–Trinajstić information content (AvgIpc) is 2.77. The summed E-state index contributed by atoms with van der Waals surface area (Å²) in [5, 5.41) is 15.5. The predicted molar refractivity (Wildman–Crippen MR) is 139 cm³/mol. The van der Waals surface area contributed by atoms with Crippen molar-refractivity contribution in [2.24, 2.45) is 0 Å². The minimum absolute atomic E-state index is 0.00382. The molecule has 1 aliphatic rings. The molecule has 0 spiro atoms. The molecule has 1 aromatic carbocycles. The fraction of sp³-hybridized carbons (Fsp3) is 0.654. The zero-order valence-electron chi connectivity index (χ0n) is 21.6. The van der Waals surface area contributed by atoms with Crippen molar-refractivity contribution in [1.82, 2.24) is 15.5 Å². The average molecular weight is 508 g/mol. The van der Waals surface area contributed by atoms with Crippen LogP contribution in [0.2, 0.25) is 0 Å². The molecule has 0 aromatic heterocycles. The normalized spacial score (nSPS) is 16.2. The zero-order chi connectivity index (χ0) is 26.2. The topological polar surface area (TPSA) is 108 Å². The number of amides is 3. The Morgan fingerprint density at radius 2 is 1.83 bits per heavy atom. The Balaban J connectivity index is 2.40. The maximum atomic E-state index is 13.7. The van der Waals surface area contributed by atoms with Crippen LogP contribution in [-0.2, 0) is 14.3 Å². The third-order valence-corrected chi connectivity index (χ3v) is 6.39. The van der Waals surface area contributed by atoms with E-state index < -0.39 is 29.7 Å². The van der Waals surface area contributed by atoms with Crippen molar-refractivity contribution in [2.75, 3.05) is 18.9 Å². The first-order valence-corrected chi connectivity index (χ1v) is 13.0. The molecule has 196 valence electrons. The number of hydrogen-bond donors (Lipinski definition) is 4. The molecule has 0 radical (unpaired) electrons. The maximum Gasteiger partial charge on any atom is 0.408 e. The van der Waals surface area contributed by atoms with Crippen LogP contribution < -0.4 is 10.6 Å². The minimum atomic E-state index is -1.03. The Morgan fingerprint density at radius 3 is 2.37 bits per heavy atom. The zero-order valence-corrected chi connectivity index (χ0v) is 22.5. The molecule has 2 rings (SSSR count). The second kappa shape index (κ2) is 13.2. The number of benzene rings is 1. The molecule has 0 saturated heterocycles. The van der Waals surface area contributed by atoms with Crippen LogP contribution in [0.3, 0.4) is 0 Å². The number of alkyl carbamates (subject to hydrolysis) is 1. The standard InChI is InChI=1S/C26H41N3O5S/c1-17-11-12-20(18(2)15-17)22(23(31)27-19-9-7-6-8-10-19)29(13-14-30)24(32)21(16-35)28-25(33)34-26(3,4)5/h11-12,15,19,21-22,30,35H,6-10,13-14,16H2,1-5H3,(H,27,31)(H,28,33). The van der Waals surface area contributed by atoms with Gasteiger partial charge in [-0.15, -0.1) is 0 Å². The molecule has 0 aliphatic heterocycles. The van der Waals surface area contributed by atoms with Gasteiger partial charge in [0.15, 0.2) is 0 Å². The fourth-order valence-electron chi connectivity index (χ4n) is 4.42. The summed E-state index contributed by atoms with van der Waals surface area (Å²) in [6.07, 6.45) is 4.32. The van der Waals surface area contributed by atoms with E-state index in [1.54, 1.807) is 20.8 Å². The number of aliphatic hydroxyl groups is 1. The lowest BCUT2D eigenvalue weighted by Crippen LogP contribution is -2.55. The summed E-state index contributed by atoms with van der Waals surface area (Å²) in [4.78, 5) is 41.1. The van der Waals surface area contributed by atoms with Gasteiger partial charge >= 0.3 is 6.09 Å². The highest BCUT2D eigenvalue weighted by atomic mass is 32.1. The molecule has 3 N–H and O–H groups in total. The highest BCUT2D eigenvalue weighted by Gasteiger charge is 2.37. The summed E-state index contributed by atoms with van der Waals surface area (Å²) in [5.41, 5.74) is 1.85. The van der Waals surface area contributed by atoms with Crippen molar-refractivity contribution in [3.63, 3.8) is 0 Å². The Kier molecular flexibility index (Phi) is 10.9. The molecule has 1 aromatic rings. The smallest absolute Gasteiger partial charge is 0.408 e. The molecule has 8 nitrogen and oxygen atoms in total. The van der Waals surface area contributed by atoms with E-state index in [2.05, 4.69) is 23.3 Å². The highest BCUT2D eigenvalue weighted by molar-refractivity contribution is 7.80. The Labute approximate surface area is 214 Å². The van der Waals surface area contributed by atoms with Gasteiger partial charge in [-0.25, -0.2) is 4.79 Å². The van der Waals surface area contributed by atoms with Crippen LogP contribution in [0.1, 0.15) is 75.6 Å². The first-order valence-electron chi connectivity index (χ1n) is 12.4. The molecule has 3 amide bonds. The van der Waals surface area contributed by atoms with Gasteiger partial charge in [-0.1, -0.05) is 43.0 Å². The quantitative estimate of drug-likeness (QED) is 0.383. The van der Waals surface area contributed by atoms with Gasteiger partial charge in [0.05, 0.1) is 6.61 Å². The summed E-state index contributed by atoms with van der Waals surface area (Å²) in [5.74, 6) is -0.798. The van der Waals surface area contributed by atoms with Gasteiger partial charge in [0.1, 0.15) is 17.7 Å². The van der Waals surface area contributed by atoms with E-state index in [1.165, 1.54) is 4.90 Å². The number of aliphatic hydroxyl groups excluding tert-OH is 1. The molecule has 2 atom stereocenters. The number of carbonyl (C=O) groups excluding carboxylic acids is 3. The second-order valence-electron chi connectivity index (χ2n) is 10.2. The van der Waals surface area contributed by atoms with Gasteiger partial charge in [0.25, 0.3) is 0 Å². The van der Waals surface area contributed by atoms with Crippen molar-refractivity contribution in [3.05, 3.63) is 34.9 Å². The van der Waals surface area contributed by atoms with Gasteiger partial charge < -0.3 is 25.4 Å². The molecule has 9 heteroatoms. The predicted octanol–water partition coefficient (Wildman–Crippen LogP) is 3.44. The lowest BCUT2D eigenvalue weighted by atomic mass is 9.93. The van der Waals surface area contributed by atoms with Crippen LogP contribution >= 0.6 is 12.6 Å². The van der Waals surface area contributed by atoms with E-state index in [-0.39, 0.29) is 30.9 Å². The van der Waals surface area contributed by atoms with Crippen LogP contribution in [0.15, 0.2) is 18.2 Å². The number of nitrogens with zero attached hydrogens (tertiary/aromatic N) is 1. The molecular formula is C26H41N3O5S. The lowest BCUT2D eigenvalue weighted by molar-refractivity contribution is -0.143. The number of aryl methyl sites for hydroxylation is 2. The minimum Gasteiger partial charge on any atom is -0.444 e. The summed E-state index contributed by atoms with van der Waals surface area (Å²) in [6.45, 7) is 8.65. The third-order valence-electron chi connectivity index (χ3n) is 6.03. The van der Waals surface area contributed by atoms with Crippen molar-refractivity contribution < 1.29 is 24.2 Å². The van der Waals surface area contributed by atoms with E-state index >= 15 is 0 Å². The summed E-state index contributed by atoms with van der Waals surface area (Å²) in [7, 11) is 0. The van der Waals surface area contributed by atoms with Gasteiger partial charge in [0.2, 0.25) is 11.8 Å². The number of ether oxygens (including phenoxy) is 1. The molecule has 0 heterocycles. The molecule has 0 bridgehead atoms. The van der Waals surface area contributed by atoms with Gasteiger partial charge in [-0.3, -0.25) is 9.59 Å². The van der Waals surface area contributed by atoms with E-state index in [9.17, 15) is 19.5 Å². The van der Waals surface area contributed by atoms with Crippen LogP contribution in [-0.4, -0.2) is 64.5 Å². The molecule has 1 saturated carbocycles. The lowest BCUT2D eigenvalue weighted by Gasteiger charge is -2.35. The number of nitrogens with one attached hydrogen (secondary N) is 2. The summed E-state index contributed by atoms with van der Waals surface area (Å²) < 4.78 is 5.30. The number of carbonyl (C=O) groups is 3. The molecule has 35 heavy (non-hydrogen) atoms. The summed E-state index contributed by atoms with van der Waals surface area (Å²) in [6, 6.07) is 3.78. The molecule has 1 aliphatic carbocycles. The summed E-state index contributed by atoms with van der Waals surface area (Å²) >= 11 is 4.27. The van der Waals surface area contributed by atoms with Gasteiger partial charge in [-0.05, 0) is 58.6 Å². The largest absolute Gasteiger partial charge is 0.444 e. The van der Waals surface area contributed by atoms with Crippen LogP contribution in [0.5, 0.6) is 0 Å². The van der Waals surface area contributed by atoms with E-state index in [4.69, 9.17) is 4.74 Å². The maximum absolute atomic E-state index is 13.7. The van der Waals surface area contributed by atoms with Crippen LogP contribution in [0, 0.1) is 13.8 Å². The second-order valence-corrected chi connectivity index (χ2v) is 10.6. The van der Waals surface area contributed by atoms with E-state index in [0.29, 0.717) is 5.56 Å². The van der Waals surface area contributed by atoms with Crippen molar-refractivity contribution >= 4 is 30.5 Å². The Morgan fingerprint density at radius 1 is 1.17 bits per heavy atom. The van der Waals surface area contributed by atoms with Gasteiger partial charge in [-0.2, -0.15) is 12.6 Å². The van der Waals surface area contributed by atoms with Crippen LogP contribution in [0.25, 0.3) is 0 Å². The monoisotopic (exact) mass is 507 g/mol. The first-order chi connectivity index (χ1) is 16.5. The fourth-order valence-corrected chi connectivity index (χ4v) is 4.67.